The molecule has 0 unspecified atom stereocenters. The van der Waals surface area contributed by atoms with Crippen molar-refractivity contribution in [3.05, 3.63) is 57.6 Å². The molecular weight excluding hydrogens is 313 g/mol. The molecule has 0 aromatic heterocycles. The zero-order chi connectivity index (χ0) is 15.4. The molecule has 0 saturated heterocycles. The number of anilines is 1. The number of aliphatic hydroxyl groups is 1. The minimum atomic E-state index is -0.335. The van der Waals surface area contributed by atoms with E-state index in [2.05, 4.69) is 5.32 Å². The van der Waals surface area contributed by atoms with Crippen LogP contribution in [-0.2, 0) is 6.61 Å². The molecule has 2 aromatic carbocycles. The molecule has 0 aliphatic carbocycles. The molecule has 0 aliphatic rings. The van der Waals surface area contributed by atoms with Gasteiger partial charge < -0.3 is 15.2 Å². The van der Waals surface area contributed by atoms with Gasteiger partial charge in [0, 0.05) is 11.3 Å². The molecule has 0 spiro atoms. The Hall–Kier alpha value is -1.75. The van der Waals surface area contributed by atoms with Crippen LogP contribution in [0.15, 0.2) is 36.4 Å². The molecule has 2 aromatic rings. The minimum absolute atomic E-state index is 0.0437. The number of benzene rings is 2. The Bertz CT molecular complexity index is 633. The van der Waals surface area contributed by atoms with Gasteiger partial charge in [0.25, 0.3) is 5.91 Å². The molecule has 0 heterocycles. The summed E-state index contributed by atoms with van der Waals surface area (Å²) < 4.78 is 5.04. The number of carbonyl (C=O) groups excluding carboxylic acids is 1. The zero-order valence-corrected chi connectivity index (χ0v) is 12.7. The van der Waals surface area contributed by atoms with Crippen molar-refractivity contribution >= 4 is 34.8 Å². The number of amides is 1. The van der Waals surface area contributed by atoms with Crippen LogP contribution in [0.5, 0.6) is 5.75 Å². The van der Waals surface area contributed by atoms with Gasteiger partial charge in [-0.15, -0.1) is 0 Å². The van der Waals surface area contributed by atoms with E-state index < -0.39 is 0 Å². The number of carbonyl (C=O) groups is 1. The van der Waals surface area contributed by atoms with Gasteiger partial charge in [0.1, 0.15) is 0 Å². The van der Waals surface area contributed by atoms with Gasteiger partial charge in [0.15, 0.2) is 5.75 Å². The van der Waals surface area contributed by atoms with E-state index in [1.54, 1.807) is 24.3 Å². The molecule has 110 valence electrons. The van der Waals surface area contributed by atoms with Gasteiger partial charge in [-0.25, -0.2) is 0 Å². The third-order valence-electron chi connectivity index (χ3n) is 2.86. The van der Waals surface area contributed by atoms with Crippen molar-refractivity contribution in [2.75, 3.05) is 12.4 Å². The van der Waals surface area contributed by atoms with E-state index in [1.807, 2.05) is 0 Å². The fourth-order valence-corrected chi connectivity index (χ4v) is 2.42. The first-order valence-corrected chi connectivity index (χ1v) is 6.85. The maximum Gasteiger partial charge on any atom is 0.255 e. The fraction of sp³-hybridized carbons (Fsp3) is 0.133. The molecule has 2 rings (SSSR count). The normalized spacial score (nSPS) is 10.3. The van der Waals surface area contributed by atoms with Crippen LogP contribution in [0, 0.1) is 0 Å². The Balaban J connectivity index is 2.20. The molecule has 4 nitrogen and oxygen atoms in total. The molecular formula is C15H13Cl2NO3. The van der Waals surface area contributed by atoms with Gasteiger partial charge in [-0.2, -0.15) is 0 Å². The number of hydrogen-bond acceptors (Lipinski definition) is 3. The number of methoxy groups -OCH3 is 1. The van der Waals surface area contributed by atoms with E-state index in [0.29, 0.717) is 17.0 Å². The topological polar surface area (TPSA) is 58.6 Å². The average Bonchev–Trinajstić information content (AvgIpc) is 2.47. The van der Waals surface area contributed by atoms with Crippen LogP contribution in [0.1, 0.15) is 15.9 Å². The van der Waals surface area contributed by atoms with Crippen LogP contribution >= 0.6 is 23.2 Å². The minimum Gasteiger partial charge on any atom is -0.494 e. The Morgan fingerprint density at radius 3 is 2.24 bits per heavy atom. The van der Waals surface area contributed by atoms with E-state index >= 15 is 0 Å². The molecule has 6 heteroatoms. The van der Waals surface area contributed by atoms with Gasteiger partial charge in [-0.1, -0.05) is 35.3 Å². The number of hydrogen-bond donors (Lipinski definition) is 2. The van der Waals surface area contributed by atoms with E-state index in [4.69, 9.17) is 33.0 Å². The van der Waals surface area contributed by atoms with Gasteiger partial charge >= 0.3 is 0 Å². The summed E-state index contributed by atoms with van der Waals surface area (Å²) in [4.78, 5) is 12.2. The van der Waals surface area contributed by atoms with Crippen molar-refractivity contribution in [2.24, 2.45) is 0 Å². The molecule has 1 amide bonds. The lowest BCUT2D eigenvalue weighted by atomic mass is 10.1. The van der Waals surface area contributed by atoms with E-state index in [0.717, 1.165) is 5.56 Å². The molecule has 0 bridgehead atoms. The van der Waals surface area contributed by atoms with Crippen LogP contribution in [-0.4, -0.2) is 18.1 Å². The molecule has 0 atom stereocenters. The standard InChI is InChI=1S/C15H13Cl2NO3/c1-21-14-12(16)6-10(7-13(14)17)15(20)18-11-4-2-9(8-19)3-5-11/h2-7,19H,8H2,1H3,(H,18,20). The number of rotatable bonds is 4. The highest BCUT2D eigenvalue weighted by Gasteiger charge is 2.13. The second-order valence-electron chi connectivity index (χ2n) is 4.28. The predicted octanol–water partition coefficient (Wildman–Crippen LogP) is 3.75. The SMILES string of the molecule is COc1c(Cl)cc(C(=O)Nc2ccc(CO)cc2)cc1Cl. The molecule has 0 fully saturated rings. The van der Waals surface area contributed by atoms with E-state index in [-0.39, 0.29) is 22.6 Å². The van der Waals surface area contributed by atoms with Crippen molar-refractivity contribution in [1.29, 1.82) is 0 Å². The summed E-state index contributed by atoms with van der Waals surface area (Å²) in [5.74, 6) is 0.000355. The summed E-state index contributed by atoms with van der Waals surface area (Å²) in [6.07, 6.45) is 0. The maximum atomic E-state index is 12.2. The first-order valence-electron chi connectivity index (χ1n) is 6.09. The zero-order valence-electron chi connectivity index (χ0n) is 11.2. The van der Waals surface area contributed by atoms with Gasteiger partial charge in [0.05, 0.1) is 23.8 Å². The molecule has 21 heavy (non-hydrogen) atoms. The Kier molecular flexibility index (Phi) is 5.07. The van der Waals surface area contributed by atoms with Crippen LogP contribution in [0.2, 0.25) is 10.0 Å². The van der Waals surface area contributed by atoms with Crippen LogP contribution in [0.3, 0.4) is 0 Å². The summed E-state index contributed by atoms with van der Waals surface area (Å²) in [6, 6.07) is 9.84. The molecule has 0 saturated carbocycles. The molecule has 0 radical (unpaired) electrons. The quantitative estimate of drug-likeness (QED) is 0.900. The summed E-state index contributed by atoms with van der Waals surface area (Å²) in [5, 5.41) is 12.2. The van der Waals surface area contributed by atoms with Crippen molar-refractivity contribution in [3.8, 4) is 5.75 Å². The Labute approximate surface area is 132 Å². The fourth-order valence-electron chi connectivity index (χ4n) is 1.78. The first kappa shape index (κ1) is 15.6. The van der Waals surface area contributed by atoms with Crippen molar-refractivity contribution in [1.82, 2.24) is 0 Å². The number of aliphatic hydroxyl groups excluding tert-OH is 1. The van der Waals surface area contributed by atoms with E-state index in [9.17, 15) is 4.79 Å². The predicted molar refractivity (Wildman–Crippen MR) is 83.3 cm³/mol. The highest BCUT2D eigenvalue weighted by Crippen LogP contribution is 2.34. The summed E-state index contributed by atoms with van der Waals surface area (Å²) in [7, 11) is 1.45. The smallest absolute Gasteiger partial charge is 0.255 e. The maximum absolute atomic E-state index is 12.2. The second kappa shape index (κ2) is 6.80. The van der Waals surface area contributed by atoms with Gasteiger partial charge in [-0.05, 0) is 29.8 Å². The lowest BCUT2D eigenvalue weighted by Crippen LogP contribution is -2.12. The van der Waals surface area contributed by atoms with E-state index in [1.165, 1.54) is 19.2 Å². The third-order valence-corrected chi connectivity index (χ3v) is 3.42. The summed E-state index contributed by atoms with van der Waals surface area (Å²) in [5.41, 5.74) is 1.71. The molecule has 2 N–H and O–H groups in total. The number of ether oxygens (including phenoxy) is 1. The second-order valence-corrected chi connectivity index (χ2v) is 5.10. The lowest BCUT2D eigenvalue weighted by Gasteiger charge is -2.09. The van der Waals surface area contributed by atoms with Crippen LogP contribution in [0.4, 0.5) is 5.69 Å². The van der Waals surface area contributed by atoms with Crippen molar-refractivity contribution < 1.29 is 14.6 Å². The van der Waals surface area contributed by atoms with Crippen LogP contribution in [0.25, 0.3) is 0 Å². The van der Waals surface area contributed by atoms with Crippen LogP contribution < -0.4 is 10.1 Å². The molecule has 0 aliphatic heterocycles. The highest BCUT2D eigenvalue weighted by molar-refractivity contribution is 6.37. The number of halogens is 2. The number of nitrogens with one attached hydrogen (secondary N) is 1. The van der Waals surface area contributed by atoms with Crippen molar-refractivity contribution in [3.63, 3.8) is 0 Å². The van der Waals surface area contributed by atoms with Gasteiger partial charge in [-0.3, -0.25) is 4.79 Å². The summed E-state index contributed by atoms with van der Waals surface area (Å²) >= 11 is 12.0. The lowest BCUT2D eigenvalue weighted by molar-refractivity contribution is 0.102. The van der Waals surface area contributed by atoms with Crippen molar-refractivity contribution in [2.45, 2.75) is 6.61 Å². The summed E-state index contributed by atoms with van der Waals surface area (Å²) in [6.45, 7) is -0.0437. The largest absolute Gasteiger partial charge is 0.494 e. The average molecular weight is 326 g/mol. The highest BCUT2D eigenvalue weighted by atomic mass is 35.5. The van der Waals surface area contributed by atoms with Gasteiger partial charge in [0.2, 0.25) is 0 Å². The first-order chi connectivity index (χ1) is 10.0. The monoisotopic (exact) mass is 325 g/mol. The third kappa shape index (κ3) is 3.67. The Morgan fingerprint density at radius 2 is 1.76 bits per heavy atom. The Morgan fingerprint density at radius 1 is 1.19 bits per heavy atom.